The number of para-hydroxylation sites is 1. The first kappa shape index (κ1) is 20.6. The fourth-order valence-electron chi connectivity index (χ4n) is 4.29. The molecule has 0 radical (unpaired) electrons. The van der Waals surface area contributed by atoms with Gasteiger partial charge in [0.15, 0.2) is 0 Å². The second kappa shape index (κ2) is 8.22. The number of nitrogens with zero attached hydrogens (tertiary/aromatic N) is 2. The van der Waals surface area contributed by atoms with Gasteiger partial charge < -0.3 is 4.90 Å². The summed E-state index contributed by atoms with van der Waals surface area (Å²) in [5.41, 5.74) is 5.64. The Morgan fingerprint density at radius 2 is 1.71 bits per heavy atom. The molecule has 0 bridgehead atoms. The fourth-order valence-corrected chi connectivity index (χ4v) is 4.29. The molecule has 2 heterocycles. The molecule has 4 rings (SSSR count). The van der Waals surface area contributed by atoms with E-state index >= 15 is 0 Å². The number of nitrogens with one attached hydrogen (secondary N) is 2. The summed E-state index contributed by atoms with van der Waals surface area (Å²) in [6.45, 7) is 2.22. The van der Waals surface area contributed by atoms with Crippen molar-refractivity contribution in [2.24, 2.45) is 0 Å². The summed E-state index contributed by atoms with van der Waals surface area (Å²) in [7, 11) is 0. The van der Waals surface area contributed by atoms with Crippen molar-refractivity contribution in [1.82, 2.24) is 15.8 Å². The average Bonchev–Trinajstić information content (AvgIpc) is 3.10. The van der Waals surface area contributed by atoms with Gasteiger partial charge in [0, 0.05) is 24.9 Å². The zero-order valence-corrected chi connectivity index (χ0v) is 17.3. The summed E-state index contributed by atoms with van der Waals surface area (Å²) in [6.07, 6.45) is 1.45. The molecule has 4 amide bonds. The third-order valence-corrected chi connectivity index (χ3v) is 5.88. The van der Waals surface area contributed by atoms with Gasteiger partial charge in [-0.3, -0.25) is 34.9 Å². The van der Waals surface area contributed by atoms with Crippen LogP contribution in [-0.4, -0.2) is 40.7 Å². The standard InChI is InChI=1S/C23H24N4O4/c1-23-14-13-20(29)27(23)18-11-6-5-10-17(18)22(31)26(23)15-7-12-19(28)24-25-21(30)16-8-3-2-4-9-16/h2-6,8-11H,7,12-15H2,1H3,(H,24,28)(H,25,30). The van der Waals surface area contributed by atoms with E-state index in [1.807, 2.05) is 13.0 Å². The molecule has 2 aromatic carbocycles. The number of hydrogen-bond acceptors (Lipinski definition) is 4. The van der Waals surface area contributed by atoms with Gasteiger partial charge in [-0.15, -0.1) is 0 Å². The molecule has 8 nitrogen and oxygen atoms in total. The van der Waals surface area contributed by atoms with Crippen molar-refractivity contribution in [2.75, 3.05) is 11.4 Å². The summed E-state index contributed by atoms with van der Waals surface area (Å²) in [4.78, 5) is 53.3. The number of hydrazine groups is 1. The number of carbonyl (C=O) groups is 4. The number of benzene rings is 2. The third kappa shape index (κ3) is 3.76. The molecule has 2 aromatic rings. The summed E-state index contributed by atoms with van der Waals surface area (Å²) >= 11 is 0. The Hall–Kier alpha value is -3.68. The first-order chi connectivity index (χ1) is 14.9. The van der Waals surface area contributed by atoms with E-state index in [0.717, 1.165) is 0 Å². The van der Waals surface area contributed by atoms with Crippen LogP contribution in [0, 0.1) is 0 Å². The van der Waals surface area contributed by atoms with E-state index < -0.39 is 11.6 Å². The molecule has 1 saturated heterocycles. The molecule has 8 heteroatoms. The lowest BCUT2D eigenvalue weighted by atomic mass is 9.98. The van der Waals surface area contributed by atoms with E-state index in [2.05, 4.69) is 10.9 Å². The van der Waals surface area contributed by atoms with Crippen LogP contribution in [0.15, 0.2) is 54.6 Å². The summed E-state index contributed by atoms with van der Waals surface area (Å²) < 4.78 is 0. The SMILES string of the molecule is CC12CCC(=O)N1c1ccccc1C(=O)N2CCCC(=O)NNC(=O)c1ccccc1. The second-order valence-corrected chi connectivity index (χ2v) is 7.89. The van der Waals surface area contributed by atoms with Crippen LogP contribution in [0.4, 0.5) is 5.69 Å². The number of fused-ring (bicyclic) bond motifs is 3. The minimum atomic E-state index is -0.736. The van der Waals surface area contributed by atoms with Gasteiger partial charge in [-0.25, -0.2) is 0 Å². The molecule has 31 heavy (non-hydrogen) atoms. The first-order valence-corrected chi connectivity index (χ1v) is 10.3. The number of amides is 4. The van der Waals surface area contributed by atoms with Crippen molar-refractivity contribution in [3.05, 3.63) is 65.7 Å². The first-order valence-electron chi connectivity index (χ1n) is 10.3. The molecule has 2 N–H and O–H groups in total. The van der Waals surface area contributed by atoms with Crippen molar-refractivity contribution in [1.29, 1.82) is 0 Å². The Morgan fingerprint density at radius 3 is 2.48 bits per heavy atom. The van der Waals surface area contributed by atoms with Crippen LogP contribution in [0.25, 0.3) is 0 Å². The molecule has 0 aliphatic carbocycles. The maximum Gasteiger partial charge on any atom is 0.269 e. The second-order valence-electron chi connectivity index (χ2n) is 7.89. The highest BCUT2D eigenvalue weighted by atomic mass is 16.2. The van der Waals surface area contributed by atoms with Crippen molar-refractivity contribution < 1.29 is 19.2 Å². The van der Waals surface area contributed by atoms with Gasteiger partial charge in [0.25, 0.3) is 11.8 Å². The molecule has 0 aromatic heterocycles. The van der Waals surface area contributed by atoms with Crippen molar-refractivity contribution in [3.8, 4) is 0 Å². The van der Waals surface area contributed by atoms with Crippen LogP contribution < -0.4 is 15.8 Å². The highest BCUT2D eigenvalue weighted by Crippen LogP contribution is 2.43. The molecule has 0 saturated carbocycles. The number of anilines is 1. The van der Waals surface area contributed by atoms with Crippen LogP contribution in [0.1, 0.15) is 53.3 Å². The van der Waals surface area contributed by atoms with E-state index in [1.165, 1.54) is 0 Å². The average molecular weight is 420 g/mol. The summed E-state index contributed by atoms with van der Waals surface area (Å²) in [6, 6.07) is 15.7. The van der Waals surface area contributed by atoms with Crippen LogP contribution >= 0.6 is 0 Å². The molecule has 2 aliphatic heterocycles. The minimum absolute atomic E-state index is 0.00572. The van der Waals surface area contributed by atoms with E-state index in [4.69, 9.17) is 0 Å². The molecular weight excluding hydrogens is 396 g/mol. The molecule has 1 unspecified atom stereocenters. The van der Waals surface area contributed by atoms with Gasteiger partial charge in [-0.1, -0.05) is 30.3 Å². The number of hydrogen-bond donors (Lipinski definition) is 2. The van der Waals surface area contributed by atoms with Crippen LogP contribution in [-0.2, 0) is 9.59 Å². The highest BCUT2D eigenvalue weighted by molar-refractivity contribution is 6.10. The number of carbonyl (C=O) groups excluding carboxylic acids is 4. The van der Waals surface area contributed by atoms with Crippen LogP contribution in [0.2, 0.25) is 0 Å². The van der Waals surface area contributed by atoms with Gasteiger partial charge >= 0.3 is 0 Å². The Morgan fingerprint density at radius 1 is 1.00 bits per heavy atom. The topological polar surface area (TPSA) is 98.8 Å². The smallest absolute Gasteiger partial charge is 0.269 e. The minimum Gasteiger partial charge on any atom is -0.315 e. The van der Waals surface area contributed by atoms with E-state index in [0.29, 0.717) is 42.6 Å². The quantitative estimate of drug-likeness (QED) is 0.725. The molecule has 2 aliphatic rings. The summed E-state index contributed by atoms with van der Waals surface area (Å²) in [5, 5.41) is 0. The fraction of sp³-hybridized carbons (Fsp3) is 0.304. The van der Waals surface area contributed by atoms with Gasteiger partial charge in [-0.05, 0) is 44.0 Å². The van der Waals surface area contributed by atoms with Crippen molar-refractivity contribution in [3.63, 3.8) is 0 Å². The monoisotopic (exact) mass is 420 g/mol. The van der Waals surface area contributed by atoms with Crippen molar-refractivity contribution >= 4 is 29.3 Å². The predicted octanol–water partition coefficient (Wildman–Crippen LogP) is 2.23. The normalized spacial score (nSPS) is 19.6. The lowest BCUT2D eigenvalue weighted by molar-refractivity contribution is -0.122. The molecule has 160 valence electrons. The zero-order chi connectivity index (χ0) is 22.0. The zero-order valence-electron chi connectivity index (χ0n) is 17.3. The molecular formula is C23H24N4O4. The highest BCUT2D eigenvalue weighted by Gasteiger charge is 2.52. The van der Waals surface area contributed by atoms with E-state index in [-0.39, 0.29) is 24.1 Å². The van der Waals surface area contributed by atoms with Gasteiger partial charge in [0.1, 0.15) is 5.66 Å². The van der Waals surface area contributed by atoms with E-state index in [9.17, 15) is 19.2 Å². The Bertz CT molecular complexity index is 1040. The van der Waals surface area contributed by atoms with Gasteiger partial charge in [-0.2, -0.15) is 0 Å². The Kier molecular flexibility index (Phi) is 5.46. The van der Waals surface area contributed by atoms with Crippen molar-refractivity contribution in [2.45, 2.75) is 38.3 Å². The Labute approximate surface area is 180 Å². The molecule has 1 atom stereocenters. The summed E-state index contributed by atoms with van der Waals surface area (Å²) in [5.74, 6) is -0.890. The maximum atomic E-state index is 13.1. The van der Waals surface area contributed by atoms with Crippen LogP contribution in [0.3, 0.4) is 0 Å². The number of rotatable bonds is 5. The Balaban J connectivity index is 1.37. The predicted molar refractivity (Wildman–Crippen MR) is 114 cm³/mol. The van der Waals surface area contributed by atoms with E-state index in [1.54, 1.807) is 58.3 Å². The molecule has 1 fully saturated rings. The maximum absolute atomic E-state index is 13.1. The van der Waals surface area contributed by atoms with Gasteiger partial charge in [0.05, 0.1) is 11.3 Å². The largest absolute Gasteiger partial charge is 0.315 e. The van der Waals surface area contributed by atoms with Gasteiger partial charge in [0.2, 0.25) is 11.8 Å². The lowest BCUT2D eigenvalue weighted by Gasteiger charge is -2.48. The lowest BCUT2D eigenvalue weighted by Crippen LogP contribution is -2.62. The third-order valence-electron chi connectivity index (χ3n) is 5.88. The van der Waals surface area contributed by atoms with Crippen LogP contribution in [0.5, 0.6) is 0 Å². The molecule has 0 spiro atoms.